The molecular formula is C28H30N4O5S. The molecule has 3 aromatic rings. The maximum absolute atomic E-state index is 13.7. The number of fused-ring (bicyclic) bond motifs is 3. The van der Waals surface area contributed by atoms with Gasteiger partial charge in [0.15, 0.2) is 5.69 Å². The molecular weight excluding hydrogens is 504 g/mol. The van der Waals surface area contributed by atoms with Gasteiger partial charge in [-0.1, -0.05) is 24.3 Å². The number of piperidine rings is 1. The number of ether oxygens (including phenoxy) is 1. The summed E-state index contributed by atoms with van der Waals surface area (Å²) in [6, 6.07) is 14.6. The van der Waals surface area contributed by atoms with E-state index in [4.69, 9.17) is 9.84 Å². The van der Waals surface area contributed by atoms with Crippen LogP contribution in [0.4, 0.5) is 0 Å². The van der Waals surface area contributed by atoms with Gasteiger partial charge < -0.3 is 19.6 Å². The number of nitrogens with zero attached hydrogens (tertiary/aromatic N) is 4. The van der Waals surface area contributed by atoms with Gasteiger partial charge >= 0.3 is 0 Å². The fourth-order valence-electron chi connectivity index (χ4n) is 5.46. The van der Waals surface area contributed by atoms with Crippen LogP contribution in [0.2, 0.25) is 0 Å². The highest BCUT2D eigenvalue weighted by Crippen LogP contribution is 2.37. The minimum absolute atomic E-state index is 0.153. The van der Waals surface area contributed by atoms with Crippen molar-refractivity contribution >= 4 is 26.7 Å². The Kier molecular flexibility index (Phi) is 6.33. The Hall–Kier alpha value is -3.47. The van der Waals surface area contributed by atoms with Crippen LogP contribution in [-0.2, 0) is 14.3 Å². The number of carbonyl (C=O) groups is 2. The van der Waals surface area contributed by atoms with Crippen LogP contribution in [0.1, 0.15) is 39.3 Å². The van der Waals surface area contributed by atoms with Gasteiger partial charge in [0.05, 0.1) is 30.7 Å². The molecule has 2 aromatic carbocycles. The SMILES string of the molecule is CS1(=O)=Cc2c(C(=O)N3CCOCC3)nn(-c3cccc(C(=O)N4CCCC(O)C4)c3)c2-c2ccccc21. The van der Waals surface area contributed by atoms with Crippen molar-refractivity contribution in [3.05, 3.63) is 65.4 Å². The van der Waals surface area contributed by atoms with Gasteiger partial charge in [-0.15, -0.1) is 0 Å². The highest BCUT2D eigenvalue weighted by Gasteiger charge is 2.33. The average Bonchev–Trinajstić information content (AvgIpc) is 3.31. The molecule has 0 aliphatic carbocycles. The van der Waals surface area contributed by atoms with Crippen molar-refractivity contribution in [2.75, 3.05) is 45.6 Å². The Morgan fingerprint density at radius 2 is 1.82 bits per heavy atom. The van der Waals surface area contributed by atoms with Crippen molar-refractivity contribution in [3.8, 4) is 16.9 Å². The van der Waals surface area contributed by atoms with Crippen LogP contribution < -0.4 is 0 Å². The van der Waals surface area contributed by atoms with Crippen molar-refractivity contribution in [1.29, 1.82) is 0 Å². The van der Waals surface area contributed by atoms with E-state index in [0.29, 0.717) is 73.2 Å². The molecule has 1 aromatic heterocycles. The first kappa shape index (κ1) is 24.8. The molecule has 4 heterocycles. The van der Waals surface area contributed by atoms with Crippen molar-refractivity contribution in [1.82, 2.24) is 19.6 Å². The number of aliphatic hydroxyl groups is 1. The molecule has 2 amide bonds. The smallest absolute Gasteiger partial charge is 0.275 e. The Labute approximate surface area is 221 Å². The molecule has 198 valence electrons. The third kappa shape index (κ3) is 4.32. The number of likely N-dealkylation sites (tertiary alicyclic amines) is 1. The van der Waals surface area contributed by atoms with Gasteiger partial charge in [0.25, 0.3) is 11.8 Å². The molecule has 0 saturated carbocycles. The molecule has 9 nitrogen and oxygen atoms in total. The first-order chi connectivity index (χ1) is 18.3. The molecule has 2 unspecified atom stereocenters. The number of rotatable bonds is 3. The van der Waals surface area contributed by atoms with E-state index in [-0.39, 0.29) is 17.5 Å². The van der Waals surface area contributed by atoms with Gasteiger partial charge in [-0.25, -0.2) is 4.68 Å². The number of β-amino-alcohol motifs (C(OH)–C–C–N with tert-alkyl or cyclic N) is 1. The first-order valence-corrected chi connectivity index (χ1v) is 14.9. The molecule has 1 N–H and O–H groups in total. The molecule has 6 rings (SSSR count). The summed E-state index contributed by atoms with van der Waals surface area (Å²) in [5, 5.41) is 16.5. The summed E-state index contributed by atoms with van der Waals surface area (Å²) in [5.74, 6) is -0.386. The topological polar surface area (TPSA) is 105 Å². The van der Waals surface area contributed by atoms with Crippen LogP contribution in [0.15, 0.2) is 53.4 Å². The summed E-state index contributed by atoms with van der Waals surface area (Å²) >= 11 is 0. The van der Waals surface area contributed by atoms with Crippen molar-refractivity contribution in [2.45, 2.75) is 23.8 Å². The van der Waals surface area contributed by atoms with Crippen LogP contribution in [0.25, 0.3) is 16.9 Å². The minimum Gasteiger partial charge on any atom is -0.391 e. The normalized spacial score (nSPS) is 22.8. The summed E-state index contributed by atoms with van der Waals surface area (Å²) in [6.07, 6.45) is 2.62. The zero-order valence-corrected chi connectivity index (χ0v) is 22.0. The second-order valence-corrected chi connectivity index (χ2v) is 12.5. The lowest BCUT2D eigenvalue weighted by Gasteiger charge is -2.30. The largest absolute Gasteiger partial charge is 0.391 e. The lowest BCUT2D eigenvalue weighted by atomic mass is 10.0. The molecule has 3 aliphatic heterocycles. The van der Waals surface area contributed by atoms with Crippen LogP contribution in [-0.4, -0.2) is 97.8 Å². The average molecular weight is 535 g/mol. The van der Waals surface area contributed by atoms with Crippen molar-refractivity contribution in [3.63, 3.8) is 0 Å². The predicted molar refractivity (Wildman–Crippen MR) is 144 cm³/mol. The maximum Gasteiger partial charge on any atom is 0.275 e. The standard InChI is InChI=1S/C28H30N4O5S/c1-38(36)18-23-25(28(35)30-12-14-37-15-13-30)29-32(26(23)22-9-2-3-10-24(22)38)20-7-4-6-19(16-20)27(34)31-11-5-8-21(33)17-31/h2-4,6-7,9-10,16,18,21,33H,5,8,11-15,17H2,1H3. The third-order valence-electron chi connectivity index (χ3n) is 7.37. The summed E-state index contributed by atoms with van der Waals surface area (Å²) in [4.78, 5) is 31.0. The summed E-state index contributed by atoms with van der Waals surface area (Å²) in [7, 11) is -2.56. The van der Waals surface area contributed by atoms with Crippen LogP contribution in [0.3, 0.4) is 0 Å². The number of aliphatic hydroxyl groups excluding tert-OH is 1. The maximum atomic E-state index is 13.7. The Balaban J connectivity index is 1.49. The second kappa shape index (κ2) is 9.68. The van der Waals surface area contributed by atoms with Crippen molar-refractivity contribution < 1.29 is 23.6 Å². The van der Waals surface area contributed by atoms with Gasteiger partial charge in [0.2, 0.25) is 0 Å². The molecule has 0 radical (unpaired) electrons. The monoisotopic (exact) mass is 534 g/mol. The van der Waals surface area contributed by atoms with E-state index in [1.807, 2.05) is 30.3 Å². The number of hydrogen-bond acceptors (Lipinski definition) is 6. The number of hydrogen-bond donors (Lipinski definition) is 1. The molecule has 2 saturated heterocycles. The van der Waals surface area contributed by atoms with Gasteiger partial charge in [-0.05, 0) is 37.1 Å². The fourth-order valence-corrected chi connectivity index (χ4v) is 7.21. The number of aromatic nitrogens is 2. The summed E-state index contributed by atoms with van der Waals surface area (Å²) < 4.78 is 20.8. The van der Waals surface area contributed by atoms with Gasteiger partial charge in [0, 0.05) is 68.9 Å². The Bertz CT molecular complexity index is 1550. The molecule has 0 bridgehead atoms. The number of benzene rings is 2. The van der Waals surface area contributed by atoms with Gasteiger partial charge in [-0.3, -0.25) is 13.8 Å². The van der Waals surface area contributed by atoms with E-state index in [1.54, 1.807) is 44.3 Å². The van der Waals surface area contributed by atoms with Gasteiger partial charge in [0.1, 0.15) is 0 Å². The molecule has 3 aliphatic rings. The Morgan fingerprint density at radius 1 is 1.03 bits per heavy atom. The molecule has 2 atom stereocenters. The molecule has 38 heavy (non-hydrogen) atoms. The lowest BCUT2D eigenvalue weighted by molar-refractivity contribution is 0.0298. The van der Waals surface area contributed by atoms with E-state index in [9.17, 15) is 18.9 Å². The third-order valence-corrected chi connectivity index (χ3v) is 9.28. The predicted octanol–water partition coefficient (Wildman–Crippen LogP) is 2.05. The van der Waals surface area contributed by atoms with E-state index in [0.717, 1.165) is 12.0 Å². The lowest BCUT2D eigenvalue weighted by Crippen LogP contribution is -2.42. The summed E-state index contributed by atoms with van der Waals surface area (Å²) in [5.41, 5.74) is 3.32. The first-order valence-electron chi connectivity index (χ1n) is 12.8. The van der Waals surface area contributed by atoms with E-state index in [2.05, 4.69) is 0 Å². The van der Waals surface area contributed by atoms with E-state index >= 15 is 0 Å². The number of carbonyl (C=O) groups excluding carboxylic acids is 2. The van der Waals surface area contributed by atoms with E-state index in [1.165, 1.54) is 0 Å². The molecule has 0 spiro atoms. The quantitative estimate of drug-likeness (QED) is 0.516. The highest BCUT2D eigenvalue weighted by molar-refractivity contribution is 8.01. The molecule has 10 heteroatoms. The zero-order chi connectivity index (χ0) is 26.4. The van der Waals surface area contributed by atoms with Crippen LogP contribution >= 0.6 is 0 Å². The number of amides is 2. The van der Waals surface area contributed by atoms with Crippen LogP contribution in [0, 0.1) is 0 Å². The van der Waals surface area contributed by atoms with Gasteiger partial charge in [-0.2, -0.15) is 5.10 Å². The second-order valence-electron chi connectivity index (χ2n) is 10.0. The number of morpholine rings is 1. The zero-order valence-electron chi connectivity index (χ0n) is 21.2. The fraction of sp³-hybridized carbons (Fsp3) is 0.357. The van der Waals surface area contributed by atoms with Crippen LogP contribution in [0.5, 0.6) is 0 Å². The minimum atomic E-state index is -2.56. The Morgan fingerprint density at radius 3 is 2.61 bits per heavy atom. The molecule has 2 fully saturated rings. The summed E-state index contributed by atoms with van der Waals surface area (Å²) in [6.45, 7) is 2.75. The van der Waals surface area contributed by atoms with E-state index < -0.39 is 15.6 Å². The highest BCUT2D eigenvalue weighted by atomic mass is 32.2. The van der Waals surface area contributed by atoms with Crippen molar-refractivity contribution in [2.24, 2.45) is 0 Å².